The van der Waals surface area contributed by atoms with E-state index in [4.69, 9.17) is 5.73 Å². The molecule has 0 aromatic rings. The van der Waals surface area contributed by atoms with Crippen molar-refractivity contribution in [1.82, 2.24) is 0 Å². The second kappa shape index (κ2) is 2.73. The van der Waals surface area contributed by atoms with Crippen molar-refractivity contribution in [3.8, 4) is 0 Å². The van der Waals surface area contributed by atoms with Crippen LogP contribution in [0.3, 0.4) is 0 Å². The molecule has 3 nitrogen and oxygen atoms in total. The monoisotopic (exact) mass is 171 g/mol. The van der Waals surface area contributed by atoms with E-state index in [0.29, 0.717) is 6.42 Å². The summed E-state index contributed by atoms with van der Waals surface area (Å²) in [5, 5.41) is 0. The van der Waals surface area contributed by atoms with E-state index in [2.05, 4.69) is 18.6 Å². The quantitative estimate of drug-likeness (QED) is 0.632. The number of esters is 1. The lowest BCUT2D eigenvalue weighted by atomic mass is 9.56. The fourth-order valence-electron chi connectivity index (χ4n) is 1.60. The Kier molecular flexibility index (Phi) is 2.17. The molecule has 0 saturated heterocycles. The molecule has 0 radical (unpaired) electrons. The summed E-state index contributed by atoms with van der Waals surface area (Å²) in [4.78, 5) is 11.0. The number of methoxy groups -OCH3 is 1. The number of nitrogens with two attached hydrogens (primary N) is 1. The minimum Gasteiger partial charge on any atom is -0.469 e. The fourth-order valence-corrected chi connectivity index (χ4v) is 1.60. The van der Waals surface area contributed by atoms with Crippen LogP contribution in [-0.2, 0) is 9.53 Å². The van der Waals surface area contributed by atoms with E-state index in [-0.39, 0.29) is 16.9 Å². The first-order chi connectivity index (χ1) is 5.41. The minimum absolute atomic E-state index is 0.0845. The van der Waals surface area contributed by atoms with E-state index in [1.165, 1.54) is 7.11 Å². The maximum absolute atomic E-state index is 11.0. The first-order valence-electron chi connectivity index (χ1n) is 4.27. The highest BCUT2D eigenvalue weighted by Gasteiger charge is 2.51. The van der Waals surface area contributed by atoms with Gasteiger partial charge in [-0.3, -0.25) is 4.79 Å². The van der Waals surface area contributed by atoms with Gasteiger partial charge in [-0.05, 0) is 18.3 Å². The molecule has 0 aromatic heterocycles. The maximum Gasteiger partial charge on any atom is 0.307 e. The second-order valence-electron chi connectivity index (χ2n) is 4.29. The van der Waals surface area contributed by atoms with E-state index in [9.17, 15) is 4.79 Å². The maximum atomic E-state index is 11.0. The molecule has 3 heteroatoms. The van der Waals surface area contributed by atoms with Crippen molar-refractivity contribution >= 4 is 5.97 Å². The molecule has 0 spiro atoms. The number of ether oxygens (including phenoxy) is 1. The summed E-state index contributed by atoms with van der Waals surface area (Å²) in [7, 11) is 1.40. The van der Waals surface area contributed by atoms with Gasteiger partial charge in [0.1, 0.15) is 0 Å². The van der Waals surface area contributed by atoms with Crippen molar-refractivity contribution < 1.29 is 9.53 Å². The summed E-state index contributed by atoms with van der Waals surface area (Å²) in [5.74, 6) is -0.203. The van der Waals surface area contributed by atoms with Crippen molar-refractivity contribution in [3.63, 3.8) is 0 Å². The minimum atomic E-state index is -0.333. The average Bonchev–Trinajstić information content (AvgIpc) is 2.02. The summed E-state index contributed by atoms with van der Waals surface area (Å²) in [6.07, 6.45) is 2.37. The third-order valence-electron chi connectivity index (χ3n) is 3.23. The third-order valence-corrected chi connectivity index (χ3v) is 3.23. The molecule has 2 N–H and O–H groups in total. The van der Waals surface area contributed by atoms with Crippen molar-refractivity contribution in [3.05, 3.63) is 0 Å². The largest absolute Gasteiger partial charge is 0.469 e. The van der Waals surface area contributed by atoms with Gasteiger partial charge in [-0.1, -0.05) is 13.8 Å². The first kappa shape index (κ1) is 9.52. The highest BCUT2D eigenvalue weighted by molar-refractivity contribution is 5.71. The molecule has 0 aliphatic heterocycles. The van der Waals surface area contributed by atoms with Crippen LogP contribution in [0.25, 0.3) is 0 Å². The van der Waals surface area contributed by atoms with Gasteiger partial charge in [-0.25, -0.2) is 0 Å². The normalized spacial score (nSPS) is 32.3. The molecule has 0 amide bonds. The van der Waals surface area contributed by atoms with Crippen LogP contribution in [0.4, 0.5) is 0 Å². The van der Waals surface area contributed by atoms with Gasteiger partial charge in [-0.15, -0.1) is 0 Å². The van der Waals surface area contributed by atoms with E-state index < -0.39 is 0 Å². The van der Waals surface area contributed by atoms with Gasteiger partial charge in [0.15, 0.2) is 0 Å². The summed E-state index contributed by atoms with van der Waals surface area (Å²) in [6, 6.07) is 0. The molecule has 1 unspecified atom stereocenters. The molecular weight excluding hydrogens is 154 g/mol. The van der Waals surface area contributed by atoms with Gasteiger partial charge in [0.25, 0.3) is 0 Å². The summed E-state index contributed by atoms with van der Waals surface area (Å²) in [5.41, 5.74) is 5.81. The van der Waals surface area contributed by atoms with Crippen LogP contribution in [0.15, 0.2) is 0 Å². The Morgan fingerprint density at radius 3 is 2.33 bits per heavy atom. The summed E-state index contributed by atoms with van der Waals surface area (Å²) < 4.78 is 4.60. The number of carbonyl (C=O) groups is 1. The molecule has 70 valence electrons. The van der Waals surface area contributed by atoms with Gasteiger partial charge in [0.2, 0.25) is 0 Å². The zero-order chi connectivity index (χ0) is 9.41. The lowest BCUT2D eigenvalue weighted by molar-refractivity contribution is -0.145. The lowest BCUT2D eigenvalue weighted by Gasteiger charge is -2.53. The van der Waals surface area contributed by atoms with Crippen molar-refractivity contribution in [2.75, 3.05) is 7.11 Å². The molecule has 0 heterocycles. The Morgan fingerprint density at radius 2 is 2.08 bits per heavy atom. The van der Waals surface area contributed by atoms with Crippen LogP contribution in [0, 0.1) is 5.41 Å². The number of rotatable bonds is 2. The summed E-state index contributed by atoms with van der Waals surface area (Å²) >= 11 is 0. The molecule has 1 aliphatic rings. The molecule has 1 rings (SSSR count). The van der Waals surface area contributed by atoms with E-state index in [0.717, 1.165) is 12.8 Å². The smallest absolute Gasteiger partial charge is 0.307 e. The second-order valence-corrected chi connectivity index (χ2v) is 4.29. The number of carbonyl (C=O) groups excluding carboxylic acids is 1. The van der Waals surface area contributed by atoms with Crippen molar-refractivity contribution in [1.29, 1.82) is 0 Å². The highest BCUT2D eigenvalue weighted by Crippen LogP contribution is 2.49. The Labute approximate surface area is 73.3 Å². The van der Waals surface area contributed by atoms with Crippen LogP contribution in [0.1, 0.15) is 33.1 Å². The van der Waals surface area contributed by atoms with Gasteiger partial charge >= 0.3 is 5.97 Å². The molecule has 0 bridgehead atoms. The van der Waals surface area contributed by atoms with Gasteiger partial charge in [-0.2, -0.15) is 0 Å². The Morgan fingerprint density at radius 1 is 1.50 bits per heavy atom. The van der Waals surface area contributed by atoms with Gasteiger partial charge in [0.05, 0.1) is 13.5 Å². The Hall–Kier alpha value is -0.570. The molecule has 1 aliphatic carbocycles. The topological polar surface area (TPSA) is 52.3 Å². The summed E-state index contributed by atoms with van der Waals surface area (Å²) in [6.45, 7) is 4.19. The zero-order valence-corrected chi connectivity index (χ0v) is 8.02. The van der Waals surface area contributed by atoms with Crippen molar-refractivity contribution in [2.45, 2.75) is 38.6 Å². The van der Waals surface area contributed by atoms with Gasteiger partial charge < -0.3 is 10.5 Å². The SMILES string of the molecule is COC(=O)CC1(N)CCC1(C)C. The Balaban J connectivity index is 2.57. The highest BCUT2D eigenvalue weighted by atomic mass is 16.5. The molecule has 0 aromatic carbocycles. The molecular formula is C9H17NO2. The molecule has 1 saturated carbocycles. The lowest BCUT2D eigenvalue weighted by Crippen LogP contribution is -2.61. The van der Waals surface area contributed by atoms with Crippen LogP contribution in [0.5, 0.6) is 0 Å². The van der Waals surface area contributed by atoms with E-state index >= 15 is 0 Å². The van der Waals surface area contributed by atoms with Crippen LogP contribution in [0.2, 0.25) is 0 Å². The predicted octanol–water partition coefficient (Wildman–Crippen LogP) is 1.07. The average molecular weight is 171 g/mol. The Bertz CT molecular complexity index is 201. The predicted molar refractivity (Wildman–Crippen MR) is 46.6 cm³/mol. The van der Waals surface area contributed by atoms with Crippen molar-refractivity contribution in [2.24, 2.45) is 11.1 Å². The zero-order valence-electron chi connectivity index (χ0n) is 8.02. The van der Waals surface area contributed by atoms with Gasteiger partial charge in [0, 0.05) is 5.54 Å². The van der Waals surface area contributed by atoms with E-state index in [1.807, 2.05) is 0 Å². The number of hydrogen-bond donors (Lipinski definition) is 1. The van der Waals surface area contributed by atoms with Crippen LogP contribution < -0.4 is 5.73 Å². The molecule has 1 fully saturated rings. The fraction of sp³-hybridized carbons (Fsp3) is 0.889. The third kappa shape index (κ3) is 1.33. The van der Waals surface area contributed by atoms with E-state index in [1.54, 1.807) is 0 Å². The number of hydrogen-bond acceptors (Lipinski definition) is 3. The van der Waals surface area contributed by atoms with Crippen LogP contribution in [-0.4, -0.2) is 18.6 Å². The molecule has 12 heavy (non-hydrogen) atoms. The first-order valence-corrected chi connectivity index (χ1v) is 4.27. The molecule has 1 atom stereocenters. The van der Waals surface area contributed by atoms with Crippen LogP contribution >= 0.6 is 0 Å². The standard InChI is InChI=1S/C9H17NO2/c1-8(2)4-5-9(8,10)6-7(11)12-3/h4-6,10H2,1-3H3.